The summed E-state index contributed by atoms with van der Waals surface area (Å²) in [7, 11) is 3.23. The van der Waals surface area contributed by atoms with Crippen molar-refractivity contribution in [1.29, 1.82) is 0 Å². The lowest BCUT2D eigenvalue weighted by Gasteiger charge is -2.48. The lowest BCUT2D eigenvalue weighted by molar-refractivity contribution is -0.273. The quantitative estimate of drug-likeness (QED) is 0.109. The van der Waals surface area contributed by atoms with E-state index in [1.165, 1.54) is 0 Å². The molecule has 6 atom stereocenters. The molecular weight excluding hydrogens is 660 g/mol. The van der Waals surface area contributed by atoms with Gasteiger partial charge in [-0.2, -0.15) is 0 Å². The summed E-state index contributed by atoms with van der Waals surface area (Å²) in [6.45, 7) is 0.689. The summed E-state index contributed by atoms with van der Waals surface area (Å²) in [5.74, 6) is 0.825. The summed E-state index contributed by atoms with van der Waals surface area (Å²) in [6, 6.07) is 43.1. The lowest BCUT2D eigenvalue weighted by atomic mass is 9.83. The molecule has 52 heavy (non-hydrogen) atoms. The molecule has 0 aromatic heterocycles. The van der Waals surface area contributed by atoms with Crippen LogP contribution in [0.5, 0.6) is 11.5 Å². The molecule has 270 valence electrons. The van der Waals surface area contributed by atoms with Gasteiger partial charge in [0.25, 0.3) is 0 Å². The molecule has 0 heterocycles. The average Bonchev–Trinajstić information content (AvgIpc) is 3.20. The van der Waals surface area contributed by atoms with Crippen LogP contribution in [-0.4, -0.2) is 61.9 Å². The van der Waals surface area contributed by atoms with Gasteiger partial charge in [-0.05, 0) is 58.7 Å². The molecule has 1 fully saturated rings. The maximum atomic E-state index is 13.6. The van der Waals surface area contributed by atoms with Crippen molar-refractivity contribution in [3.05, 3.63) is 167 Å². The van der Waals surface area contributed by atoms with E-state index in [9.17, 15) is 9.90 Å². The first-order valence-corrected chi connectivity index (χ1v) is 17.3. The summed E-state index contributed by atoms with van der Waals surface area (Å²) in [6.07, 6.45) is -6.19. The van der Waals surface area contributed by atoms with Crippen LogP contribution in [-0.2, 0) is 50.1 Å². The van der Waals surface area contributed by atoms with Gasteiger partial charge >= 0.3 is 5.97 Å². The van der Waals surface area contributed by atoms with Crippen LogP contribution in [0.15, 0.2) is 140 Å². The number of carbonyl (C=O) groups excluding carboxylic acids is 1. The molecule has 6 rings (SSSR count). The molecule has 5 aromatic rings. The SMILES string of the molecule is COc1ccc(CO[C@@H]2[C@@H](OCc3ccccc3)[C@H](OC(=O)c3ccccc3)[C@H](O)[C@H](OCc3ccc(OC)cc3)[C@H]2OCc2ccccc2)cc1. The fraction of sp³-hybridized carbons (Fsp3) is 0.279. The van der Waals surface area contributed by atoms with Crippen LogP contribution in [0.2, 0.25) is 0 Å². The van der Waals surface area contributed by atoms with E-state index in [0.29, 0.717) is 11.3 Å². The van der Waals surface area contributed by atoms with E-state index in [0.717, 1.165) is 28.0 Å². The van der Waals surface area contributed by atoms with Gasteiger partial charge < -0.3 is 38.3 Å². The Hall–Kier alpha value is -5.03. The van der Waals surface area contributed by atoms with Crippen molar-refractivity contribution in [2.75, 3.05) is 14.2 Å². The van der Waals surface area contributed by atoms with E-state index in [1.807, 2.05) is 115 Å². The van der Waals surface area contributed by atoms with E-state index in [4.69, 9.17) is 33.2 Å². The number of rotatable bonds is 16. The minimum absolute atomic E-state index is 0.136. The topological polar surface area (TPSA) is 102 Å². The van der Waals surface area contributed by atoms with Gasteiger partial charge in [-0.1, -0.05) is 103 Å². The normalized spacial score (nSPS) is 21.3. The van der Waals surface area contributed by atoms with E-state index in [2.05, 4.69) is 0 Å². The van der Waals surface area contributed by atoms with Crippen LogP contribution in [0, 0.1) is 0 Å². The highest BCUT2D eigenvalue weighted by atomic mass is 16.6. The smallest absolute Gasteiger partial charge is 0.338 e. The molecule has 0 radical (unpaired) electrons. The van der Waals surface area contributed by atoms with Crippen molar-refractivity contribution in [2.24, 2.45) is 0 Å². The van der Waals surface area contributed by atoms with Crippen molar-refractivity contribution in [2.45, 2.75) is 63.1 Å². The first kappa shape index (κ1) is 36.8. The van der Waals surface area contributed by atoms with Crippen LogP contribution >= 0.6 is 0 Å². The van der Waals surface area contributed by atoms with Gasteiger partial charge in [0.15, 0.2) is 6.10 Å². The lowest BCUT2D eigenvalue weighted by Crippen LogP contribution is -2.67. The van der Waals surface area contributed by atoms with Crippen molar-refractivity contribution in [1.82, 2.24) is 0 Å². The molecule has 1 aliphatic carbocycles. The molecule has 0 unspecified atom stereocenters. The van der Waals surface area contributed by atoms with Crippen molar-refractivity contribution in [3.63, 3.8) is 0 Å². The maximum absolute atomic E-state index is 13.6. The first-order valence-electron chi connectivity index (χ1n) is 17.3. The van der Waals surface area contributed by atoms with Gasteiger partial charge in [-0.25, -0.2) is 4.79 Å². The summed E-state index contributed by atoms with van der Waals surface area (Å²) in [5.41, 5.74) is 3.90. The van der Waals surface area contributed by atoms with Crippen molar-refractivity contribution < 1.29 is 43.1 Å². The largest absolute Gasteiger partial charge is 0.497 e. The van der Waals surface area contributed by atoms with E-state index in [-0.39, 0.29) is 26.4 Å². The molecule has 9 heteroatoms. The Kier molecular flexibility index (Phi) is 13.0. The number of aliphatic hydroxyl groups is 1. The zero-order chi connectivity index (χ0) is 36.1. The average molecular weight is 705 g/mol. The van der Waals surface area contributed by atoms with Gasteiger partial charge in [-0.15, -0.1) is 0 Å². The number of carbonyl (C=O) groups is 1. The van der Waals surface area contributed by atoms with Crippen LogP contribution in [0.3, 0.4) is 0 Å². The minimum atomic E-state index is -1.35. The molecule has 0 bridgehead atoms. The van der Waals surface area contributed by atoms with Crippen LogP contribution < -0.4 is 9.47 Å². The minimum Gasteiger partial charge on any atom is -0.497 e. The van der Waals surface area contributed by atoms with Crippen LogP contribution in [0.1, 0.15) is 32.6 Å². The van der Waals surface area contributed by atoms with Gasteiger partial charge in [0.1, 0.15) is 42.0 Å². The number of benzene rings is 5. The first-order chi connectivity index (χ1) is 25.5. The highest BCUT2D eigenvalue weighted by Crippen LogP contribution is 2.35. The Labute approximate surface area is 304 Å². The van der Waals surface area contributed by atoms with Gasteiger partial charge in [-0.3, -0.25) is 0 Å². The van der Waals surface area contributed by atoms with Crippen molar-refractivity contribution >= 4 is 5.97 Å². The Morgan fingerprint density at radius 1 is 0.462 bits per heavy atom. The van der Waals surface area contributed by atoms with Gasteiger partial charge in [0, 0.05) is 0 Å². The number of hydrogen-bond donors (Lipinski definition) is 1. The molecule has 0 aliphatic heterocycles. The summed E-state index contributed by atoms with van der Waals surface area (Å²) < 4.78 is 43.4. The molecular formula is C43H44O9. The Morgan fingerprint density at radius 2 is 0.808 bits per heavy atom. The Morgan fingerprint density at radius 3 is 1.23 bits per heavy atom. The third-order valence-corrected chi connectivity index (χ3v) is 8.99. The molecule has 9 nitrogen and oxygen atoms in total. The number of methoxy groups -OCH3 is 2. The second-order valence-electron chi connectivity index (χ2n) is 12.5. The van der Waals surface area contributed by atoms with Crippen LogP contribution in [0.4, 0.5) is 0 Å². The molecule has 0 saturated heterocycles. The standard InChI is InChI=1S/C43H44O9/c1-46-35-22-18-32(19-23-35)28-48-38-37(44)39(52-43(45)34-16-10-5-11-17-34)41(50-27-31-14-8-4-9-15-31)42(40(38)49-26-30-12-6-3-7-13-30)51-29-33-20-24-36(47-2)25-21-33/h3-25,37-42,44H,26-29H2,1-2H3/t37-,38+,39-,40-,41+,42+/m1/s1. The Bertz CT molecular complexity index is 1780. The fourth-order valence-electron chi connectivity index (χ4n) is 6.16. The van der Waals surface area contributed by atoms with Gasteiger partial charge in [0.05, 0.1) is 46.2 Å². The third kappa shape index (κ3) is 9.64. The van der Waals surface area contributed by atoms with Crippen molar-refractivity contribution in [3.8, 4) is 11.5 Å². The molecule has 1 aliphatic rings. The summed E-state index contributed by atoms with van der Waals surface area (Å²) in [5, 5.41) is 12.2. The molecule has 5 aromatic carbocycles. The number of hydrogen-bond acceptors (Lipinski definition) is 9. The summed E-state index contributed by atoms with van der Waals surface area (Å²) in [4.78, 5) is 13.6. The predicted octanol–water partition coefficient (Wildman–Crippen LogP) is 6.95. The highest BCUT2D eigenvalue weighted by molar-refractivity contribution is 5.89. The van der Waals surface area contributed by atoms with E-state index in [1.54, 1.807) is 38.5 Å². The number of aliphatic hydroxyl groups excluding tert-OH is 1. The van der Waals surface area contributed by atoms with Crippen LogP contribution in [0.25, 0.3) is 0 Å². The highest BCUT2D eigenvalue weighted by Gasteiger charge is 2.55. The molecule has 1 N–H and O–H groups in total. The molecule has 0 amide bonds. The zero-order valence-electron chi connectivity index (χ0n) is 29.3. The zero-order valence-corrected chi connectivity index (χ0v) is 29.3. The van der Waals surface area contributed by atoms with E-state index < -0.39 is 42.6 Å². The molecule has 0 spiro atoms. The third-order valence-electron chi connectivity index (χ3n) is 8.99. The Balaban J connectivity index is 1.37. The molecule has 1 saturated carbocycles. The van der Waals surface area contributed by atoms with E-state index >= 15 is 0 Å². The van der Waals surface area contributed by atoms with Gasteiger partial charge in [0.2, 0.25) is 0 Å². The number of ether oxygens (including phenoxy) is 7. The second-order valence-corrected chi connectivity index (χ2v) is 12.5. The summed E-state index contributed by atoms with van der Waals surface area (Å²) >= 11 is 0. The predicted molar refractivity (Wildman–Crippen MR) is 195 cm³/mol. The number of esters is 1. The second kappa shape index (κ2) is 18.5. The maximum Gasteiger partial charge on any atom is 0.338 e. The fourth-order valence-corrected chi connectivity index (χ4v) is 6.16. The monoisotopic (exact) mass is 704 g/mol.